The molecule has 82 valence electrons. The Labute approximate surface area is 96.6 Å². The van der Waals surface area contributed by atoms with Gasteiger partial charge in [-0.25, -0.2) is 4.39 Å². The second-order valence-corrected chi connectivity index (χ2v) is 3.77. The highest BCUT2D eigenvalue weighted by atomic mass is 35.5. The van der Waals surface area contributed by atoms with Crippen LogP contribution in [0.5, 0.6) is 0 Å². The van der Waals surface area contributed by atoms with Crippen molar-refractivity contribution in [2.24, 2.45) is 0 Å². The maximum Gasteiger partial charge on any atom is 0.229 e. The molecule has 2 nitrogen and oxygen atoms in total. The Balaban J connectivity index is 2.41. The van der Waals surface area contributed by atoms with Gasteiger partial charge < -0.3 is 4.42 Å². The normalized spacial score (nSPS) is 10.4. The number of carbonyl (C=O) groups excluding carboxylic acids is 1. The van der Waals surface area contributed by atoms with E-state index in [4.69, 9.17) is 16.0 Å². The van der Waals surface area contributed by atoms with Crippen molar-refractivity contribution in [2.75, 3.05) is 0 Å². The van der Waals surface area contributed by atoms with E-state index < -0.39 is 5.82 Å². The van der Waals surface area contributed by atoms with Crippen molar-refractivity contribution in [2.45, 2.75) is 6.92 Å². The Kier molecular flexibility index (Phi) is 2.79. The van der Waals surface area contributed by atoms with Gasteiger partial charge >= 0.3 is 0 Å². The monoisotopic (exact) mass is 238 g/mol. The van der Waals surface area contributed by atoms with Gasteiger partial charge in [0.05, 0.1) is 5.02 Å². The first kappa shape index (κ1) is 10.9. The van der Waals surface area contributed by atoms with Gasteiger partial charge in [0, 0.05) is 5.56 Å². The number of benzene rings is 1. The smallest absolute Gasteiger partial charge is 0.229 e. The Morgan fingerprint density at radius 2 is 2.06 bits per heavy atom. The average molecular weight is 239 g/mol. The summed E-state index contributed by atoms with van der Waals surface area (Å²) >= 11 is 5.78. The zero-order valence-corrected chi connectivity index (χ0v) is 9.22. The lowest BCUT2D eigenvalue weighted by Crippen LogP contribution is -2.00. The molecule has 1 aromatic heterocycles. The van der Waals surface area contributed by atoms with Crippen LogP contribution in [0.1, 0.15) is 21.9 Å². The Morgan fingerprint density at radius 3 is 2.62 bits per heavy atom. The van der Waals surface area contributed by atoms with Crippen molar-refractivity contribution in [3.05, 3.63) is 58.3 Å². The summed E-state index contributed by atoms with van der Waals surface area (Å²) in [6.07, 6.45) is 0. The molecule has 2 rings (SSSR count). The zero-order chi connectivity index (χ0) is 11.7. The third-order valence-corrected chi connectivity index (χ3v) is 2.45. The van der Waals surface area contributed by atoms with E-state index in [1.165, 1.54) is 12.1 Å². The molecule has 1 aromatic carbocycles. The lowest BCUT2D eigenvalue weighted by Gasteiger charge is -2.00. The minimum Gasteiger partial charge on any atom is -0.458 e. The maximum atomic E-state index is 12.8. The van der Waals surface area contributed by atoms with Crippen molar-refractivity contribution >= 4 is 17.4 Å². The molecule has 0 saturated carbocycles. The zero-order valence-electron chi connectivity index (χ0n) is 8.46. The molecule has 0 N–H and O–H groups in total. The van der Waals surface area contributed by atoms with Crippen LogP contribution in [-0.4, -0.2) is 5.78 Å². The molecule has 0 saturated heterocycles. The van der Waals surface area contributed by atoms with Gasteiger partial charge in [-0.15, -0.1) is 0 Å². The predicted octanol–water partition coefficient (Wildman–Crippen LogP) is 3.61. The van der Waals surface area contributed by atoms with Crippen molar-refractivity contribution in [3.8, 4) is 0 Å². The van der Waals surface area contributed by atoms with Crippen LogP contribution in [0.15, 0.2) is 34.7 Å². The molecule has 0 radical (unpaired) electrons. The van der Waals surface area contributed by atoms with Gasteiger partial charge in [0.2, 0.25) is 5.78 Å². The maximum absolute atomic E-state index is 12.8. The summed E-state index contributed by atoms with van der Waals surface area (Å²) < 4.78 is 18.0. The predicted molar refractivity (Wildman–Crippen MR) is 58.3 cm³/mol. The van der Waals surface area contributed by atoms with Crippen LogP contribution in [0.4, 0.5) is 4.39 Å². The fourth-order valence-electron chi connectivity index (χ4n) is 1.36. The van der Waals surface area contributed by atoms with E-state index in [2.05, 4.69) is 0 Å². The highest BCUT2D eigenvalue weighted by molar-refractivity contribution is 6.34. The van der Waals surface area contributed by atoms with Crippen molar-refractivity contribution in [1.82, 2.24) is 0 Å². The number of halogens is 2. The second kappa shape index (κ2) is 4.10. The third-order valence-electron chi connectivity index (χ3n) is 2.14. The number of furan rings is 1. The number of carbonyl (C=O) groups is 1. The van der Waals surface area contributed by atoms with Gasteiger partial charge in [-0.1, -0.05) is 11.6 Å². The standard InChI is InChI=1S/C12H8ClFO2/c1-7-2-5-11(16-7)12(15)9-4-3-8(14)6-10(9)13/h2-6H,1H3. The van der Waals surface area contributed by atoms with Crippen molar-refractivity contribution in [1.29, 1.82) is 0 Å². The van der Waals surface area contributed by atoms with E-state index in [1.807, 2.05) is 0 Å². The van der Waals surface area contributed by atoms with Gasteiger partial charge in [0.1, 0.15) is 11.6 Å². The van der Waals surface area contributed by atoms with Gasteiger partial charge in [-0.3, -0.25) is 4.79 Å². The molecule has 1 heterocycles. The lowest BCUT2D eigenvalue weighted by molar-refractivity contribution is 0.101. The SMILES string of the molecule is Cc1ccc(C(=O)c2ccc(F)cc2Cl)o1. The van der Waals surface area contributed by atoms with Gasteiger partial charge in [-0.2, -0.15) is 0 Å². The molecule has 2 aromatic rings. The highest BCUT2D eigenvalue weighted by Crippen LogP contribution is 2.21. The average Bonchev–Trinajstić information content (AvgIpc) is 2.64. The molecule has 0 spiro atoms. The van der Waals surface area contributed by atoms with Gasteiger partial charge in [-0.05, 0) is 37.3 Å². The number of aryl methyl sites for hydroxylation is 1. The molecule has 16 heavy (non-hydrogen) atoms. The molecular formula is C12H8ClFO2. The van der Waals surface area contributed by atoms with E-state index in [-0.39, 0.29) is 22.1 Å². The molecule has 0 unspecified atom stereocenters. The summed E-state index contributed by atoms with van der Waals surface area (Å²) in [7, 11) is 0. The summed E-state index contributed by atoms with van der Waals surface area (Å²) in [6.45, 7) is 1.74. The molecule has 0 aliphatic carbocycles. The molecule has 0 fully saturated rings. The van der Waals surface area contributed by atoms with Crippen LogP contribution in [0.3, 0.4) is 0 Å². The van der Waals surface area contributed by atoms with E-state index in [1.54, 1.807) is 19.1 Å². The molecule has 4 heteroatoms. The van der Waals surface area contributed by atoms with Crippen LogP contribution < -0.4 is 0 Å². The Morgan fingerprint density at radius 1 is 1.31 bits per heavy atom. The number of rotatable bonds is 2. The fourth-order valence-corrected chi connectivity index (χ4v) is 1.62. The molecule has 0 aliphatic rings. The first-order valence-corrected chi connectivity index (χ1v) is 5.02. The number of hydrogen-bond acceptors (Lipinski definition) is 2. The molecule has 0 aliphatic heterocycles. The highest BCUT2D eigenvalue weighted by Gasteiger charge is 2.16. The molecular weight excluding hydrogens is 231 g/mol. The largest absolute Gasteiger partial charge is 0.458 e. The summed E-state index contributed by atoms with van der Waals surface area (Å²) in [5.74, 6) is 0.0165. The number of ketones is 1. The molecule has 0 amide bonds. The first-order chi connectivity index (χ1) is 7.58. The van der Waals surface area contributed by atoms with E-state index >= 15 is 0 Å². The van der Waals surface area contributed by atoms with E-state index in [0.29, 0.717) is 5.76 Å². The Bertz CT molecular complexity index is 546. The van der Waals surface area contributed by atoms with Crippen LogP contribution in [-0.2, 0) is 0 Å². The lowest BCUT2D eigenvalue weighted by atomic mass is 10.1. The van der Waals surface area contributed by atoms with Crippen molar-refractivity contribution < 1.29 is 13.6 Å². The minimum atomic E-state index is -0.475. The van der Waals surface area contributed by atoms with Crippen LogP contribution in [0.25, 0.3) is 0 Å². The first-order valence-electron chi connectivity index (χ1n) is 4.64. The van der Waals surface area contributed by atoms with Crippen molar-refractivity contribution in [3.63, 3.8) is 0 Å². The van der Waals surface area contributed by atoms with Crippen LogP contribution in [0, 0.1) is 12.7 Å². The number of hydrogen-bond donors (Lipinski definition) is 0. The summed E-state index contributed by atoms with van der Waals surface area (Å²) in [4.78, 5) is 11.9. The van der Waals surface area contributed by atoms with Crippen LogP contribution >= 0.6 is 11.6 Å². The summed E-state index contributed by atoms with van der Waals surface area (Å²) in [5, 5.41) is 0.0825. The second-order valence-electron chi connectivity index (χ2n) is 3.36. The van der Waals surface area contributed by atoms with Gasteiger partial charge in [0.15, 0.2) is 5.76 Å². The molecule has 0 atom stereocenters. The third kappa shape index (κ3) is 1.99. The van der Waals surface area contributed by atoms with E-state index in [9.17, 15) is 9.18 Å². The van der Waals surface area contributed by atoms with E-state index in [0.717, 1.165) is 6.07 Å². The van der Waals surface area contributed by atoms with Gasteiger partial charge in [0.25, 0.3) is 0 Å². The Hall–Kier alpha value is -1.61. The topological polar surface area (TPSA) is 30.2 Å². The quantitative estimate of drug-likeness (QED) is 0.748. The molecule has 0 bridgehead atoms. The summed E-state index contributed by atoms with van der Waals surface area (Å²) in [6, 6.07) is 6.89. The van der Waals surface area contributed by atoms with Crippen LogP contribution in [0.2, 0.25) is 5.02 Å². The minimum absolute atomic E-state index is 0.0825. The summed E-state index contributed by atoms with van der Waals surface area (Å²) in [5.41, 5.74) is 0.234. The fraction of sp³-hybridized carbons (Fsp3) is 0.0833.